The first-order chi connectivity index (χ1) is 8.29. The Morgan fingerprint density at radius 2 is 2.00 bits per heavy atom. The van der Waals surface area contributed by atoms with Crippen molar-refractivity contribution < 1.29 is 23.8 Å². The smallest absolute Gasteiger partial charge is 0.478 e. The summed E-state index contributed by atoms with van der Waals surface area (Å²) in [6.45, 7) is 2.25. The molecule has 1 amide bonds. The molecule has 1 aliphatic rings. The summed E-state index contributed by atoms with van der Waals surface area (Å²) < 4.78 is 11.5. The molecule has 17 heavy (non-hydrogen) atoms. The second-order valence-electron chi connectivity index (χ2n) is 3.55. The minimum absolute atomic E-state index is 0.372. The predicted molar refractivity (Wildman–Crippen MR) is 57.6 cm³/mol. The van der Waals surface area contributed by atoms with Crippen LogP contribution in [0.3, 0.4) is 0 Å². The van der Waals surface area contributed by atoms with Gasteiger partial charge in [0.15, 0.2) is 0 Å². The van der Waals surface area contributed by atoms with Crippen LogP contribution in [0.1, 0.15) is 0 Å². The Balaban J connectivity index is 1.92. The SMILES string of the molecule is COc1cc[n+](OC(=O)N2CCOCC2)cc1. The number of methoxy groups -OCH3 is 1. The molecule has 6 nitrogen and oxygen atoms in total. The van der Waals surface area contributed by atoms with Gasteiger partial charge in [0.2, 0.25) is 12.4 Å². The fourth-order valence-corrected chi connectivity index (χ4v) is 1.49. The lowest BCUT2D eigenvalue weighted by molar-refractivity contribution is -0.869. The summed E-state index contributed by atoms with van der Waals surface area (Å²) in [5.41, 5.74) is 0. The highest BCUT2D eigenvalue weighted by atomic mass is 16.7. The van der Waals surface area contributed by atoms with Crippen molar-refractivity contribution in [2.24, 2.45) is 0 Å². The molecule has 1 aromatic heterocycles. The number of nitrogens with zero attached hydrogens (tertiary/aromatic N) is 2. The summed E-state index contributed by atoms with van der Waals surface area (Å²) in [5, 5.41) is 0. The van der Waals surface area contributed by atoms with Gasteiger partial charge in [-0.25, -0.2) is 4.79 Å². The lowest BCUT2D eigenvalue weighted by Crippen LogP contribution is -2.52. The van der Waals surface area contributed by atoms with Gasteiger partial charge >= 0.3 is 6.09 Å². The maximum Gasteiger partial charge on any atom is 0.478 e. The van der Waals surface area contributed by atoms with Crippen molar-refractivity contribution >= 4 is 6.09 Å². The van der Waals surface area contributed by atoms with Crippen molar-refractivity contribution in [2.75, 3.05) is 33.4 Å². The molecule has 0 aromatic carbocycles. The molecule has 0 saturated carbocycles. The van der Waals surface area contributed by atoms with Gasteiger partial charge in [-0.05, 0) is 0 Å². The van der Waals surface area contributed by atoms with Crippen LogP contribution in [-0.2, 0) is 4.74 Å². The summed E-state index contributed by atoms with van der Waals surface area (Å²) in [6.07, 6.45) is 2.87. The van der Waals surface area contributed by atoms with Gasteiger partial charge in [0.05, 0.1) is 20.3 Å². The Bertz CT molecular complexity index is 374. The molecule has 0 bridgehead atoms. The highest BCUT2D eigenvalue weighted by Crippen LogP contribution is 2.03. The zero-order chi connectivity index (χ0) is 12.1. The summed E-state index contributed by atoms with van der Waals surface area (Å²) >= 11 is 0. The monoisotopic (exact) mass is 239 g/mol. The van der Waals surface area contributed by atoms with Crippen molar-refractivity contribution in [2.45, 2.75) is 0 Å². The fourth-order valence-electron chi connectivity index (χ4n) is 1.49. The average molecular weight is 239 g/mol. The van der Waals surface area contributed by atoms with E-state index in [0.29, 0.717) is 32.1 Å². The molecule has 0 radical (unpaired) electrons. The van der Waals surface area contributed by atoms with E-state index in [2.05, 4.69) is 0 Å². The average Bonchev–Trinajstić information content (AvgIpc) is 2.40. The molecule has 92 valence electrons. The topological polar surface area (TPSA) is 51.9 Å². The summed E-state index contributed by atoms with van der Waals surface area (Å²) in [7, 11) is 1.58. The van der Waals surface area contributed by atoms with E-state index in [9.17, 15) is 4.79 Å². The van der Waals surface area contributed by atoms with Crippen LogP contribution in [0.5, 0.6) is 5.75 Å². The molecule has 0 N–H and O–H groups in total. The number of carbonyl (C=O) groups is 1. The van der Waals surface area contributed by atoms with Crippen LogP contribution in [0.2, 0.25) is 0 Å². The first kappa shape index (κ1) is 11.7. The van der Waals surface area contributed by atoms with Crippen LogP contribution in [0.25, 0.3) is 0 Å². The third kappa shape index (κ3) is 3.07. The molecule has 0 unspecified atom stereocenters. The van der Waals surface area contributed by atoms with E-state index in [1.54, 1.807) is 36.5 Å². The number of rotatable bonds is 2. The van der Waals surface area contributed by atoms with Gasteiger partial charge in [-0.3, -0.25) is 4.90 Å². The predicted octanol–water partition coefficient (Wildman–Crippen LogP) is -0.136. The number of hydrogen-bond acceptors (Lipinski definition) is 4. The van der Waals surface area contributed by atoms with Crippen molar-refractivity contribution in [3.05, 3.63) is 24.5 Å². The molecule has 6 heteroatoms. The first-order valence-electron chi connectivity index (χ1n) is 5.40. The Hall–Kier alpha value is -1.82. The Labute approximate surface area is 99.3 Å². The van der Waals surface area contributed by atoms with E-state index in [4.69, 9.17) is 14.3 Å². The molecule has 2 rings (SSSR count). The second kappa shape index (κ2) is 5.49. The molecule has 0 spiro atoms. The van der Waals surface area contributed by atoms with Crippen LogP contribution in [0, 0.1) is 0 Å². The number of hydrogen-bond donors (Lipinski definition) is 0. The van der Waals surface area contributed by atoms with Crippen LogP contribution >= 0.6 is 0 Å². The zero-order valence-electron chi connectivity index (χ0n) is 9.67. The lowest BCUT2D eigenvalue weighted by Gasteiger charge is -2.23. The van der Waals surface area contributed by atoms with Crippen molar-refractivity contribution in [3.63, 3.8) is 0 Å². The van der Waals surface area contributed by atoms with Gasteiger partial charge in [0.1, 0.15) is 5.75 Å². The summed E-state index contributed by atoms with van der Waals surface area (Å²) in [4.78, 5) is 18.5. The van der Waals surface area contributed by atoms with Crippen molar-refractivity contribution in [3.8, 4) is 5.75 Å². The van der Waals surface area contributed by atoms with Crippen LogP contribution < -0.4 is 14.3 Å². The molecule has 0 aliphatic carbocycles. The number of pyridine rings is 1. The van der Waals surface area contributed by atoms with Gasteiger partial charge in [-0.15, -0.1) is 0 Å². The lowest BCUT2D eigenvalue weighted by atomic mass is 10.4. The molecule has 2 heterocycles. The molecule has 1 aromatic rings. The molecule has 1 fully saturated rings. The minimum Gasteiger partial charge on any atom is -0.496 e. The Kier molecular flexibility index (Phi) is 3.77. The molecule has 1 aliphatic heterocycles. The minimum atomic E-state index is -0.372. The van der Waals surface area contributed by atoms with Crippen molar-refractivity contribution in [1.29, 1.82) is 0 Å². The zero-order valence-corrected chi connectivity index (χ0v) is 9.67. The number of aromatic nitrogens is 1. The van der Waals surface area contributed by atoms with E-state index in [-0.39, 0.29) is 6.09 Å². The third-order valence-corrected chi connectivity index (χ3v) is 2.46. The molecule has 1 saturated heterocycles. The number of amides is 1. The normalized spacial score (nSPS) is 15.5. The van der Waals surface area contributed by atoms with Gasteiger partial charge < -0.3 is 9.47 Å². The number of ether oxygens (including phenoxy) is 2. The number of carbonyl (C=O) groups excluding carboxylic acids is 1. The fraction of sp³-hybridized carbons (Fsp3) is 0.455. The maximum absolute atomic E-state index is 11.7. The molecular formula is C11H15N2O4+. The standard InChI is InChI=1S/C11H15N2O4/c1-15-10-2-4-13(5-3-10)17-11(14)12-6-8-16-9-7-12/h2-5H,6-9H2,1H3/q+1. The van der Waals surface area contributed by atoms with Gasteiger partial charge in [-0.1, -0.05) is 0 Å². The van der Waals surface area contributed by atoms with Crippen LogP contribution in [-0.4, -0.2) is 44.4 Å². The summed E-state index contributed by atoms with van der Waals surface area (Å²) in [6, 6.07) is 3.43. The van der Waals surface area contributed by atoms with E-state index >= 15 is 0 Å². The molecule has 0 atom stereocenters. The van der Waals surface area contributed by atoms with Crippen LogP contribution in [0.4, 0.5) is 4.79 Å². The van der Waals surface area contributed by atoms with E-state index in [1.165, 1.54) is 4.73 Å². The quantitative estimate of drug-likeness (QED) is 0.674. The maximum atomic E-state index is 11.7. The highest BCUT2D eigenvalue weighted by Gasteiger charge is 2.22. The largest absolute Gasteiger partial charge is 0.496 e. The van der Waals surface area contributed by atoms with Crippen molar-refractivity contribution in [1.82, 2.24) is 4.90 Å². The highest BCUT2D eigenvalue weighted by molar-refractivity contribution is 5.67. The Morgan fingerprint density at radius 1 is 1.35 bits per heavy atom. The van der Waals surface area contributed by atoms with Crippen LogP contribution in [0.15, 0.2) is 24.5 Å². The van der Waals surface area contributed by atoms with Gasteiger partial charge in [0.25, 0.3) is 0 Å². The Morgan fingerprint density at radius 3 is 2.59 bits per heavy atom. The van der Waals surface area contributed by atoms with E-state index in [1.807, 2.05) is 0 Å². The second-order valence-corrected chi connectivity index (χ2v) is 3.55. The van der Waals surface area contributed by atoms with E-state index < -0.39 is 0 Å². The first-order valence-corrected chi connectivity index (χ1v) is 5.40. The van der Waals surface area contributed by atoms with Gasteiger partial charge in [0, 0.05) is 30.0 Å². The number of morpholine rings is 1. The summed E-state index contributed by atoms with van der Waals surface area (Å²) in [5.74, 6) is 0.712. The third-order valence-electron chi connectivity index (χ3n) is 2.46. The van der Waals surface area contributed by atoms with Gasteiger partial charge in [-0.2, -0.15) is 4.84 Å². The van der Waals surface area contributed by atoms with E-state index in [0.717, 1.165) is 0 Å². The molecular weight excluding hydrogens is 224 g/mol.